The lowest BCUT2D eigenvalue weighted by molar-refractivity contribution is -0.150. The number of rotatable bonds is 6. The molecule has 0 aromatic heterocycles. The summed E-state index contributed by atoms with van der Waals surface area (Å²) in [6.07, 6.45) is 3.26. The molecule has 1 saturated carbocycles. The fourth-order valence-electron chi connectivity index (χ4n) is 3.52. The molecule has 132 valence electrons. The Bertz CT molecular complexity index is 721. The Balaban J connectivity index is 1.86. The first-order valence-electron chi connectivity index (χ1n) is 8.79. The van der Waals surface area contributed by atoms with Crippen LogP contribution in [0.3, 0.4) is 0 Å². The lowest BCUT2D eigenvalue weighted by Crippen LogP contribution is -2.34. The van der Waals surface area contributed by atoms with Gasteiger partial charge in [0.25, 0.3) is 0 Å². The summed E-state index contributed by atoms with van der Waals surface area (Å²) >= 11 is 0. The van der Waals surface area contributed by atoms with Crippen molar-refractivity contribution in [2.45, 2.75) is 44.6 Å². The zero-order valence-corrected chi connectivity index (χ0v) is 14.5. The molecule has 0 saturated heterocycles. The van der Waals surface area contributed by atoms with Crippen LogP contribution in [0.5, 0.6) is 5.75 Å². The van der Waals surface area contributed by atoms with Gasteiger partial charge >= 0.3 is 5.97 Å². The van der Waals surface area contributed by atoms with Gasteiger partial charge in [0.05, 0.1) is 12.0 Å². The van der Waals surface area contributed by atoms with E-state index in [-0.39, 0.29) is 5.97 Å². The minimum atomic E-state index is -0.747. The minimum Gasteiger partial charge on any atom is -0.489 e. The van der Waals surface area contributed by atoms with E-state index in [9.17, 15) is 9.18 Å². The molecule has 0 N–H and O–H groups in total. The number of esters is 1. The highest BCUT2D eigenvalue weighted by molar-refractivity contribution is 5.83. The van der Waals surface area contributed by atoms with Gasteiger partial charge in [-0.2, -0.15) is 0 Å². The van der Waals surface area contributed by atoms with Gasteiger partial charge in [0.1, 0.15) is 18.2 Å². The van der Waals surface area contributed by atoms with Crippen LogP contribution in [-0.4, -0.2) is 12.6 Å². The van der Waals surface area contributed by atoms with E-state index in [1.807, 2.05) is 30.3 Å². The van der Waals surface area contributed by atoms with Crippen molar-refractivity contribution in [3.63, 3.8) is 0 Å². The van der Waals surface area contributed by atoms with E-state index < -0.39 is 11.2 Å². The number of carbonyl (C=O) groups excluding carboxylic acids is 1. The summed E-state index contributed by atoms with van der Waals surface area (Å²) < 4.78 is 25.3. The van der Waals surface area contributed by atoms with Gasteiger partial charge < -0.3 is 9.47 Å². The van der Waals surface area contributed by atoms with Gasteiger partial charge in [0, 0.05) is 6.07 Å². The van der Waals surface area contributed by atoms with Crippen LogP contribution in [0, 0.1) is 5.82 Å². The number of benzene rings is 2. The Morgan fingerprint density at radius 1 is 1.12 bits per heavy atom. The summed E-state index contributed by atoms with van der Waals surface area (Å²) in [5, 5.41) is 0. The summed E-state index contributed by atoms with van der Waals surface area (Å²) in [6.45, 7) is 2.48. The molecule has 3 rings (SSSR count). The highest BCUT2D eigenvalue weighted by Gasteiger charge is 2.44. The van der Waals surface area contributed by atoms with Gasteiger partial charge in [-0.05, 0) is 43.0 Å². The number of ether oxygens (including phenoxy) is 2. The Kier molecular flexibility index (Phi) is 5.37. The van der Waals surface area contributed by atoms with E-state index in [1.165, 1.54) is 12.1 Å². The third-order valence-electron chi connectivity index (χ3n) is 4.80. The second-order valence-corrected chi connectivity index (χ2v) is 6.46. The van der Waals surface area contributed by atoms with Crippen molar-refractivity contribution in [3.8, 4) is 5.75 Å². The van der Waals surface area contributed by atoms with E-state index in [2.05, 4.69) is 0 Å². The van der Waals surface area contributed by atoms with Crippen LogP contribution >= 0.6 is 0 Å². The Labute approximate surface area is 147 Å². The fraction of sp³-hybridized carbons (Fsp3) is 0.381. The van der Waals surface area contributed by atoms with Crippen molar-refractivity contribution in [3.05, 3.63) is 65.5 Å². The number of halogens is 1. The van der Waals surface area contributed by atoms with Gasteiger partial charge in [0.15, 0.2) is 0 Å². The molecule has 0 atom stereocenters. The Morgan fingerprint density at radius 3 is 2.52 bits per heavy atom. The molecule has 1 aliphatic carbocycles. The van der Waals surface area contributed by atoms with Crippen LogP contribution in [0.2, 0.25) is 0 Å². The van der Waals surface area contributed by atoms with E-state index in [1.54, 1.807) is 13.0 Å². The zero-order valence-electron chi connectivity index (χ0n) is 14.5. The average molecular weight is 342 g/mol. The largest absolute Gasteiger partial charge is 0.489 e. The first-order chi connectivity index (χ1) is 12.1. The third kappa shape index (κ3) is 3.84. The molecule has 0 spiro atoms. The standard InChI is InChI=1S/C21H23FO3/c1-2-24-20(23)21(10-6-7-11-21)17-12-18(22)14-19(13-17)25-15-16-8-4-3-5-9-16/h3-5,8-9,12-14H,2,6-7,10-11,15H2,1H3. The monoisotopic (exact) mass is 342 g/mol. The van der Waals surface area contributed by atoms with Crippen molar-refractivity contribution in [1.29, 1.82) is 0 Å². The van der Waals surface area contributed by atoms with Gasteiger partial charge in [-0.25, -0.2) is 4.39 Å². The lowest BCUT2D eigenvalue weighted by atomic mass is 9.78. The van der Waals surface area contributed by atoms with Gasteiger partial charge in [-0.15, -0.1) is 0 Å². The van der Waals surface area contributed by atoms with Crippen molar-refractivity contribution in [2.75, 3.05) is 6.61 Å². The van der Waals surface area contributed by atoms with E-state index in [0.717, 1.165) is 18.4 Å². The molecule has 0 bridgehead atoms. The molecule has 0 aliphatic heterocycles. The van der Waals surface area contributed by atoms with Crippen LogP contribution in [0.25, 0.3) is 0 Å². The predicted octanol–water partition coefficient (Wildman–Crippen LogP) is 4.78. The molecule has 0 heterocycles. The molecular formula is C21H23FO3. The maximum absolute atomic E-state index is 14.2. The summed E-state index contributed by atoms with van der Waals surface area (Å²) in [5.74, 6) is -0.210. The van der Waals surface area contributed by atoms with Crippen LogP contribution in [0.15, 0.2) is 48.5 Å². The lowest BCUT2D eigenvalue weighted by Gasteiger charge is -2.27. The molecule has 0 amide bonds. The van der Waals surface area contributed by atoms with Crippen LogP contribution < -0.4 is 4.74 Å². The Morgan fingerprint density at radius 2 is 1.84 bits per heavy atom. The SMILES string of the molecule is CCOC(=O)C1(c2cc(F)cc(OCc3ccccc3)c2)CCCC1. The maximum atomic E-state index is 14.2. The van der Waals surface area contributed by atoms with E-state index in [0.29, 0.717) is 37.4 Å². The molecule has 0 unspecified atom stereocenters. The van der Waals surface area contributed by atoms with Gasteiger partial charge in [-0.3, -0.25) is 4.79 Å². The van der Waals surface area contributed by atoms with Gasteiger partial charge in [-0.1, -0.05) is 43.2 Å². The third-order valence-corrected chi connectivity index (χ3v) is 4.80. The van der Waals surface area contributed by atoms with Crippen molar-refractivity contribution in [1.82, 2.24) is 0 Å². The molecule has 1 aliphatic rings. The quantitative estimate of drug-likeness (QED) is 0.709. The van der Waals surface area contributed by atoms with Crippen LogP contribution in [0.4, 0.5) is 4.39 Å². The topological polar surface area (TPSA) is 35.5 Å². The fourth-order valence-corrected chi connectivity index (χ4v) is 3.52. The smallest absolute Gasteiger partial charge is 0.316 e. The summed E-state index contributed by atoms with van der Waals surface area (Å²) in [5.41, 5.74) is 0.920. The molecule has 4 heteroatoms. The average Bonchev–Trinajstić information content (AvgIpc) is 3.12. The second-order valence-electron chi connectivity index (χ2n) is 6.46. The zero-order chi connectivity index (χ0) is 17.7. The molecule has 2 aromatic carbocycles. The van der Waals surface area contributed by atoms with Crippen LogP contribution in [-0.2, 0) is 21.6 Å². The molecule has 3 nitrogen and oxygen atoms in total. The van der Waals surface area contributed by atoms with Crippen LogP contribution in [0.1, 0.15) is 43.7 Å². The normalized spacial score (nSPS) is 15.8. The molecule has 25 heavy (non-hydrogen) atoms. The number of hydrogen-bond acceptors (Lipinski definition) is 3. The second kappa shape index (κ2) is 7.68. The first-order valence-corrected chi connectivity index (χ1v) is 8.79. The molecular weight excluding hydrogens is 319 g/mol. The minimum absolute atomic E-state index is 0.257. The van der Waals surface area contributed by atoms with E-state index >= 15 is 0 Å². The van der Waals surface area contributed by atoms with Crippen molar-refractivity contribution in [2.24, 2.45) is 0 Å². The number of carbonyl (C=O) groups is 1. The van der Waals surface area contributed by atoms with E-state index in [4.69, 9.17) is 9.47 Å². The van der Waals surface area contributed by atoms with Crippen molar-refractivity contribution >= 4 is 5.97 Å². The highest BCUT2D eigenvalue weighted by Crippen LogP contribution is 2.43. The van der Waals surface area contributed by atoms with Gasteiger partial charge in [0.2, 0.25) is 0 Å². The summed E-state index contributed by atoms with van der Waals surface area (Å²) in [7, 11) is 0. The molecule has 0 radical (unpaired) electrons. The highest BCUT2D eigenvalue weighted by atomic mass is 19.1. The molecule has 1 fully saturated rings. The predicted molar refractivity (Wildman–Crippen MR) is 94.0 cm³/mol. The molecule has 2 aromatic rings. The first kappa shape index (κ1) is 17.5. The maximum Gasteiger partial charge on any atom is 0.316 e. The number of hydrogen-bond donors (Lipinski definition) is 0. The van der Waals surface area contributed by atoms with Crippen molar-refractivity contribution < 1.29 is 18.7 Å². The Hall–Kier alpha value is -2.36. The summed E-state index contributed by atoms with van der Waals surface area (Å²) in [4.78, 5) is 12.6. The summed E-state index contributed by atoms with van der Waals surface area (Å²) in [6, 6.07) is 14.3.